The molecule has 1 fully saturated rings. The van der Waals surface area contributed by atoms with Crippen LogP contribution in [-0.2, 0) is 9.59 Å². The van der Waals surface area contributed by atoms with E-state index in [1.807, 2.05) is 0 Å². The van der Waals surface area contributed by atoms with Gasteiger partial charge in [0.2, 0.25) is 5.91 Å². The Hall–Kier alpha value is -1.14. The summed E-state index contributed by atoms with van der Waals surface area (Å²) in [6, 6.07) is 0.261. The molecule has 0 radical (unpaired) electrons. The summed E-state index contributed by atoms with van der Waals surface area (Å²) in [5.41, 5.74) is 0. The highest BCUT2D eigenvalue weighted by Gasteiger charge is 2.21. The van der Waals surface area contributed by atoms with Crippen molar-refractivity contribution in [1.82, 2.24) is 15.1 Å². The zero-order valence-corrected chi connectivity index (χ0v) is 10.5. The number of hydrogen-bond acceptors (Lipinski definition) is 4. The number of aliphatic carboxylic acids is 1. The van der Waals surface area contributed by atoms with Gasteiger partial charge in [0.25, 0.3) is 0 Å². The quantitative estimate of drug-likeness (QED) is 0.662. The Morgan fingerprint density at radius 2 is 1.94 bits per heavy atom. The van der Waals surface area contributed by atoms with Gasteiger partial charge in [0.15, 0.2) is 0 Å². The number of nitrogens with one attached hydrogen (secondary N) is 1. The van der Waals surface area contributed by atoms with Crippen LogP contribution in [0.25, 0.3) is 0 Å². The number of rotatable bonds is 5. The molecule has 0 aromatic heterocycles. The minimum Gasteiger partial charge on any atom is -0.480 e. The van der Waals surface area contributed by atoms with Crippen LogP contribution in [-0.4, -0.2) is 73.1 Å². The van der Waals surface area contributed by atoms with Crippen molar-refractivity contribution in [3.05, 3.63) is 0 Å². The van der Waals surface area contributed by atoms with E-state index < -0.39 is 5.97 Å². The van der Waals surface area contributed by atoms with E-state index in [4.69, 9.17) is 5.11 Å². The zero-order chi connectivity index (χ0) is 12.8. The SMILES string of the molecule is CN(C)C(=O)CN1CCC(NCC(=O)O)CC1. The van der Waals surface area contributed by atoms with Gasteiger partial charge < -0.3 is 15.3 Å². The molecule has 0 aromatic rings. The first-order chi connectivity index (χ1) is 7.99. The van der Waals surface area contributed by atoms with Gasteiger partial charge in [0.05, 0.1) is 13.1 Å². The van der Waals surface area contributed by atoms with E-state index in [2.05, 4.69) is 10.2 Å². The fourth-order valence-electron chi connectivity index (χ4n) is 1.86. The van der Waals surface area contributed by atoms with E-state index in [-0.39, 0.29) is 18.5 Å². The summed E-state index contributed by atoms with van der Waals surface area (Å²) < 4.78 is 0. The first kappa shape index (κ1) is 13.9. The van der Waals surface area contributed by atoms with Gasteiger partial charge in [0.1, 0.15) is 0 Å². The third-order valence-corrected chi connectivity index (χ3v) is 2.99. The number of carbonyl (C=O) groups excluding carboxylic acids is 1. The van der Waals surface area contributed by atoms with E-state index >= 15 is 0 Å². The predicted molar refractivity (Wildman–Crippen MR) is 63.8 cm³/mol. The van der Waals surface area contributed by atoms with Crippen LogP contribution in [0.4, 0.5) is 0 Å². The molecule has 0 bridgehead atoms. The molecule has 1 saturated heterocycles. The van der Waals surface area contributed by atoms with Gasteiger partial charge in [-0.1, -0.05) is 0 Å². The summed E-state index contributed by atoms with van der Waals surface area (Å²) in [5.74, 6) is -0.711. The highest BCUT2D eigenvalue weighted by Crippen LogP contribution is 2.09. The normalized spacial score (nSPS) is 18.0. The maximum absolute atomic E-state index is 11.5. The van der Waals surface area contributed by atoms with Crippen molar-refractivity contribution in [3.8, 4) is 0 Å². The van der Waals surface area contributed by atoms with Gasteiger partial charge in [-0.25, -0.2) is 0 Å². The lowest BCUT2D eigenvalue weighted by molar-refractivity contribution is -0.136. The second-order valence-electron chi connectivity index (χ2n) is 4.61. The van der Waals surface area contributed by atoms with Crippen LogP contribution in [0.3, 0.4) is 0 Å². The third kappa shape index (κ3) is 5.14. The van der Waals surface area contributed by atoms with Crippen molar-refractivity contribution in [2.24, 2.45) is 0 Å². The number of likely N-dealkylation sites (tertiary alicyclic amines) is 1. The van der Waals surface area contributed by atoms with Crippen molar-refractivity contribution in [1.29, 1.82) is 0 Å². The molecular weight excluding hydrogens is 222 g/mol. The number of carbonyl (C=O) groups is 2. The lowest BCUT2D eigenvalue weighted by Gasteiger charge is -2.32. The highest BCUT2D eigenvalue weighted by atomic mass is 16.4. The number of carboxylic acid groups (broad SMARTS) is 1. The Bertz CT molecular complexity index is 273. The lowest BCUT2D eigenvalue weighted by atomic mass is 10.1. The Morgan fingerprint density at radius 3 is 2.41 bits per heavy atom. The fraction of sp³-hybridized carbons (Fsp3) is 0.818. The molecule has 0 spiro atoms. The summed E-state index contributed by atoms with van der Waals surface area (Å²) in [5, 5.41) is 11.5. The molecule has 1 amide bonds. The van der Waals surface area contributed by atoms with Crippen molar-refractivity contribution in [2.45, 2.75) is 18.9 Å². The molecular formula is C11H21N3O3. The number of amides is 1. The molecule has 17 heavy (non-hydrogen) atoms. The van der Waals surface area contributed by atoms with E-state index in [1.165, 1.54) is 0 Å². The monoisotopic (exact) mass is 243 g/mol. The highest BCUT2D eigenvalue weighted by molar-refractivity contribution is 5.77. The molecule has 0 saturated carbocycles. The van der Waals surface area contributed by atoms with Gasteiger partial charge in [0, 0.05) is 33.2 Å². The second-order valence-corrected chi connectivity index (χ2v) is 4.61. The fourth-order valence-corrected chi connectivity index (χ4v) is 1.86. The zero-order valence-electron chi connectivity index (χ0n) is 10.5. The van der Waals surface area contributed by atoms with Gasteiger partial charge >= 0.3 is 5.97 Å². The maximum Gasteiger partial charge on any atom is 0.317 e. The largest absolute Gasteiger partial charge is 0.480 e. The van der Waals surface area contributed by atoms with E-state index in [0.717, 1.165) is 25.9 Å². The Balaban J connectivity index is 2.21. The minimum absolute atomic E-state index is 0.0152. The van der Waals surface area contributed by atoms with Crippen molar-refractivity contribution in [2.75, 3.05) is 40.3 Å². The van der Waals surface area contributed by atoms with Gasteiger partial charge in [-0.05, 0) is 12.8 Å². The van der Waals surface area contributed by atoms with Gasteiger partial charge in [-0.15, -0.1) is 0 Å². The first-order valence-corrected chi connectivity index (χ1v) is 5.86. The second kappa shape index (κ2) is 6.56. The van der Waals surface area contributed by atoms with Crippen LogP contribution in [0.2, 0.25) is 0 Å². The van der Waals surface area contributed by atoms with Crippen LogP contribution in [0, 0.1) is 0 Å². The molecule has 2 N–H and O–H groups in total. The van der Waals surface area contributed by atoms with Crippen LogP contribution < -0.4 is 5.32 Å². The standard InChI is InChI=1S/C11H21N3O3/c1-13(2)10(15)8-14-5-3-9(4-6-14)12-7-11(16)17/h9,12H,3-8H2,1-2H3,(H,16,17). The predicted octanol–water partition coefficient (Wildman–Crippen LogP) is -0.787. The van der Waals surface area contributed by atoms with E-state index in [9.17, 15) is 9.59 Å². The minimum atomic E-state index is -0.824. The van der Waals surface area contributed by atoms with Crippen LogP contribution in [0.15, 0.2) is 0 Å². The smallest absolute Gasteiger partial charge is 0.317 e. The molecule has 0 aromatic carbocycles. The third-order valence-electron chi connectivity index (χ3n) is 2.99. The summed E-state index contributed by atoms with van der Waals surface area (Å²) in [4.78, 5) is 25.6. The Morgan fingerprint density at radius 1 is 1.35 bits per heavy atom. The summed E-state index contributed by atoms with van der Waals surface area (Å²) in [6.07, 6.45) is 1.79. The van der Waals surface area contributed by atoms with Crippen LogP contribution in [0.5, 0.6) is 0 Å². The van der Waals surface area contributed by atoms with Gasteiger partial charge in [-0.3, -0.25) is 14.5 Å². The first-order valence-electron chi connectivity index (χ1n) is 5.86. The summed E-state index contributed by atoms with van der Waals surface area (Å²) in [6.45, 7) is 2.16. The summed E-state index contributed by atoms with van der Waals surface area (Å²) in [7, 11) is 3.51. The van der Waals surface area contributed by atoms with Gasteiger partial charge in [-0.2, -0.15) is 0 Å². The lowest BCUT2D eigenvalue weighted by Crippen LogP contribution is -2.46. The van der Waals surface area contributed by atoms with Crippen molar-refractivity contribution < 1.29 is 14.7 Å². The molecule has 1 heterocycles. The molecule has 1 rings (SSSR count). The molecule has 1 aliphatic rings. The molecule has 0 unspecified atom stereocenters. The summed E-state index contributed by atoms with van der Waals surface area (Å²) >= 11 is 0. The maximum atomic E-state index is 11.5. The molecule has 98 valence electrons. The van der Waals surface area contributed by atoms with Crippen LogP contribution in [0.1, 0.15) is 12.8 Å². The Kier molecular flexibility index (Phi) is 5.37. The van der Waals surface area contributed by atoms with Crippen molar-refractivity contribution in [3.63, 3.8) is 0 Å². The molecule has 6 nitrogen and oxygen atoms in total. The number of likely N-dealkylation sites (N-methyl/N-ethyl adjacent to an activating group) is 1. The number of nitrogens with zero attached hydrogens (tertiary/aromatic N) is 2. The molecule has 0 aliphatic carbocycles. The number of piperidine rings is 1. The Labute approximate surface area is 102 Å². The molecule has 0 atom stereocenters. The molecule has 1 aliphatic heterocycles. The molecule has 6 heteroatoms. The van der Waals surface area contributed by atoms with Crippen molar-refractivity contribution >= 4 is 11.9 Å². The number of hydrogen-bond donors (Lipinski definition) is 2. The average molecular weight is 243 g/mol. The topological polar surface area (TPSA) is 72.9 Å². The van der Waals surface area contributed by atoms with E-state index in [1.54, 1.807) is 19.0 Å². The van der Waals surface area contributed by atoms with E-state index in [0.29, 0.717) is 6.54 Å². The van der Waals surface area contributed by atoms with Crippen LogP contribution >= 0.6 is 0 Å². The number of carboxylic acids is 1. The average Bonchev–Trinajstić information content (AvgIpc) is 2.28.